The Hall–Kier alpha value is -2.92. The molecule has 0 atom stereocenters. The molecular formula is C21H19ClFN3O. The van der Waals surface area contributed by atoms with Crippen LogP contribution in [0.3, 0.4) is 0 Å². The van der Waals surface area contributed by atoms with Crippen LogP contribution in [0.1, 0.15) is 21.5 Å². The molecule has 6 heteroatoms. The van der Waals surface area contributed by atoms with Crippen molar-refractivity contribution in [1.29, 1.82) is 0 Å². The molecule has 1 aromatic heterocycles. The number of benzene rings is 2. The number of nitrogens with zero attached hydrogens (tertiary/aromatic N) is 1. The van der Waals surface area contributed by atoms with E-state index in [0.29, 0.717) is 41.5 Å². The van der Waals surface area contributed by atoms with Crippen molar-refractivity contribution >= 4 is 23.3 Å². The zero-order valence-electron chi connectivity index (χ0n) is 14.6. The van der Waals surface area contributed by atoms with Crippen molar-refractivity contribution in [2.45, 2.75) is 13.0 Å². The first kappa shape index (κ1) is 18.9. The van der Waals surface area contributed by atoms with Crippen LogP contribution in [0.15, 0.2) is 66.9 Å². The van der Waals surface area contributed by atoms with E-state index in [2.05, 4.69) is 15.6 Å². The van der Waals surface area contributed by atoms with E-state index in [-0.39, 0.29) is 11.7 Å². The molecule has 0 fully saturated rings. The van der Waals surface area contributed by atoms with Gasteiger partial charge >= 0.3 is 0 Å². The van der Waals surface area contributed by atoms with E-state index in [9.17, 15) is 9.18 Å². The smallest absolute Gasteiger partial charge is 0.253 e. The summed E-state index contributed by atoms with van der Waals surface area (Å²) >= 11 is 6.08. The summed E-state index contributed by atoms with van der Waals surface area (Å²) in [5.74, 6) is 0.201. The van der Waals surface area contributed by atoms with Crippen molar-refractivity contribution in [2.24, 2.45) is 0 Å². The predicted octanol–water partition coefficient (Wildman–Crippen LogP) is 4.46. The first-order valence-electron chi connectivity index (χ1n) is 8.58. The Kier molecular flexibility index (Phi) is 6.39. The number of carbonyl (C=O) groups excluding carboxylic acids is 1. The minimum absolute atomic E-state index is 0.210. The third-order valence-electron chi connectivity index (χ3n) is 4.08. The standard InChI is InChI=1S/C21H19ClFN3O/c22-18-7-3-1-6-16(18)13-26-21(27)17-9-10-20(25-14-17)24-12-11-15-5-2-4-8-19(15)23/h1-10,14H,11-13H2,(H,24,25)(H,26,27). The minimum atomic E-state index is -0.222. The molecule has 2 aromatic carbocycles. The molecule has 0 aliphatic heterocycles. The van der Waals surface area contributed by atoms with Gasteiger partial charge in [0, 0.05) is 24.3 Å². The van der Waals surface area contributed by atoms with Crippen LogP contribution in [0.2, 0.25) is 5.02 Å². The van der Waals surface area contributed by atoms with Crippen molar-refractivity contribution in [3.8, 4) is 0 Å². The van der Waals surface area contributed by atoms with E-state index in [4.69, 9.17) is 11.6 Å². The van der Waals surface area contributed by atoms with Gasteiger partial charge in [-0.05, 0) is 41.8 Å². The molecular weight excluding hydrogens is 365 g/mol. The fourth-order valence-electron chi connectivity index (χ4n) is 2.58. The summed E-state index contributed by atoms with van der Waals surface area (Å²) in [5.41, 5.74) is 1.97. The molecule has 0 unspecified atom stereocenters. The lowest BCUT2D eigenvalue weighted by Gasteiger charge is -2.09. The highest BCUT2D eigenvalue weighted by atomic mass is 35.5. The lowest BCUT2D eigenvalue weighted by molar-refractivity contribution is 0.0950. The molecule has 138 valence electrons. The van der Waals surface area contributed by atoms with Gasteiger partial charge in [-0.2, -0.15) is 0 Å². The van der Waals surface area contributed by atoms with E-state index in [1.165, 1.54) is 12.3 Å². The van der Waals surface area contributed by atoms with Gasteiger partial charge in [-0.1, -0.05) is 48.0 Å². The topological polar surface area (TPSA) is 54.0 Å². The van der Waals surface area contributed by atoms with Crippen LogP contribution in [0.5, 0.6) is 0 Å². The van der Waals surface area contributed by atoms with E-state index in [0.717, 1.165) is 5.56 Å². The highest BCUT2D eigenvalue weighted by Crippen LogP contribution is 2.15. The number of hydrogen-bond donors (Lipinski definition) is 2. The van der Waals surface area contributed by atoms with Crippen LogP contribution in [0, 0.1) is 5.82 Å². The second-order valence-electron chi connectivity index (χ2n) is 5.97. The maximum atomic E-state index is 13.6. The van der Waals surface area contributed by atoms with Gasteiger partial charge in [0.1, 0.15) is 11.6 Å². The summed E-state index contributed by atoms with van der Waals surface area (Å²) in [6.45, 7) is 0.896. The number of hydrogen-bond acceptors (Lipinski definition) is 3. The SMILES string of the molecule is O=C(NCc1ccccc1Cl)c1ccc(NCCc2ccccc2F)nc1. The Bertz CT molecular complexity index is 915. The molecule has 3 rings (SSSR count). The van der Waals surface area contributed by atoms with Crippen LogP contribution in [-0.4, -0.2) is 17.4 Å². The molecule has 1 heterocycles. The molecule has 3 aromatic rings. The Morgan fingerprint density at radius 1 is 1.00 bits per heavy atom. The lowest BCUT2D eigenvalue weighted by Crippen LogP contribution is -2.23. The van der Waals surface area contributed by atoms with E-state index in [1.54, 1.807) is 30.3 Å². The lowest BCUT2D eigenvalue weighted by atomic mass is 10.1. The fourth-order valence-corrected chi connectivity index (χ4v) is 2.78. The number of anilines is 1. The van der Waals surface area contributed by atoms with Crippen molar-refractivity contribution in [3.05, 3.63) is 94.4 Å². The third kappa shape index (κ3) is 5.28. The number of rotatable bonds is 7. The number of pyridine rings is 1. The van der Waals surface area contributed by atoms with Gasteiger partial charge < -0.3 is 10.6 Å². The summed E-state index contributed by atoms with van der Waals surface area (Å²) in [4.78, 5) is 16.5. The minimum Gasteiger partial charge on any atom is -0.370 e. The zero-order valence-corrected chi connectivity index (χ0v) is 15.3. The Morgan fingerprint density at radius 2 is 1.74 bits per heavy atom. The molecule has 4 nitrogen and oxygen atoms in total. The number of amides is 1. The second-order valence-corrected chi connectivity index (χ2v) is 6.38. The quantitative estimate of drug-likeness (QED) is 0.633. The highest BCUT2D eigenvalue weighted by Gasteiger charge is 2.07. The summed E-state index contributed by atoms with van der Waals surface area (Å²) in [6.07, 6.45) is 2.06. The van der Waals surface area contributed by atoms with Crippen molar-refractivity contribution < 1.29 is 9.18 Å². The average Bonchev–Trinajstić information content (AvgIpc) is 2.69. The van der Waals surface area contributed by atoms with Gasteiger partial charge in [0.15, 0.2) is 0 Å². The van der Waals surface area contributed by atoms with Crippen molar-refractivity contribution in [1.82, 2.24) is 10.3 Å². The van der Waals surface area contributed by atoms with Crippen LogP contribution >= 0.6 is 11.6 Å². The number of halogens is 2. The molecule has 0 aliphatic carbocycles. The van der Waals surface area contributed by atoms with Gasteiger partial charge in [-0.15, -0.1) is 0 Å². The molecule has 27 heavy (non-hydrogen) atoms. The van der Waals surface area contributed by atoms with Crippen molar-refractivity contribution in [3.63, 3.8) is 0 Å². The van der Waals surface area contributed by atoms with Crippen LogP contribution in [0.4, 0.5) is 10.2 Å². The van der Waals surface area contributed by atoms with Gasteiger partial charge in [-0.25, -0.2) is 9.37 Å². The Morgan fingerprint density at radius 3 is 2.44 bits per heavy atom. The number of aromatic nitrogens is 1. The summed E-state index contributed by atoms with van der Waals surface area (Å²) in [7, 11) is 0. The third-order valence-corrected chi connectivity index (χ3v) is 4.45. The van der Waals surface area contributed by atoms with Crippen LogP contribution in [0.25, 0.3) is 0 Å². The van der Waals surface area contributed by atoms with Gasteiger partial charge in [0.2, 0.25) is 0 Å². The first-order chi connectivity index (χ1) is 13.1. The van der Waals surface area contributed by atoms with E-state index in [1.807, 2.05) is 24.3 Å². The largest absolute Gasteiger partial charge is 0.370 e. The molecule has 1 amide bonds. The molecule has 0 spiro atoms. The second kappa shape index (κ2) is 9.14. The maximum absolute atomic E-state index is 13.6. The molecule has 0 bridgehead atoms. The summed E-state index contributed by atoms with van der Waals surface area (Å²) < 4.78 is 13.6. The molecule has 0 radical (unpaired) electrons. The summed E-state index contributed by atoms with van der Waals surface area (Å²) in [6, 6.07) is 17.5. The van der Waals surface area contributed by atoms with E-state index >= 15 is 0 Å². The van der Waals surface area contributed by atoms with Gasteiger partial charge in [-0.3, -0.25) is 4.79 Å². The Labute approximate surface area is 162 Å². The molecule has 2 N–H and O–H groups in total. The maximum Gasteiger partial charge on any atom is 0.253 e. The van der Waals surface area contributed by atoms with Gasteiger partial charge in [0.25, 0.3) is 5.91 Å². The summed E-state index contributed by atoms with van der Waals surface area (Å²) in [5, 5.41) is 6.56. The number of carbonyl (C=O) groups is 1. The predicted molar refractivity (Wildman–Crippen MR) is 105 cm³/mol. The monoisotopic (exact) mass is 383 g/mol. The average molecular weight is 384 g/mol. The molecule has 0 saturated carbocycles. The fraction of sp³-hybridized carbons (Fsp3) is 0.143. The van der Waals surface area contributed by atoms with Gasteiger partial charge in [0.05, 0.1) is 5.56 Å². The Balaban J connectivity index is 1.50. The van der Waals surface area contributed by atoms with Crippen LogP contribution in [-0.2, 0) is 13.0 Å². The normalized spacial score (nSPS) is 10.4. The van der Waals surface area contributed by atoms with E-state index < -0.39 is 0 Å². The highest BCUT2D eigenvalue weighted by molar-refractivity contribution is 6.31. The van der Waals surface area contributed by atoms with Crippen LogP contribution < -0.4 is 10.6 Å². The first-order valence-corrected chi connectivity index (χ1v) is 8.96. The number of nitrogens with one attached hydrogen (secondary N) is 2. The zero-order chi connectivity index (χ0) is 19.1. The molecule has 0 saturated heterocycles. The van der Waals surface area contributed by atoms with Crippen molar-refractivity contribution in [2.75, 3.05) is 11.9 Å². The molecule has 0 aliphatic rings.